The Labute approximate surface area is 177 Å². The molecule has 3 aromatic rings. The van der Waals surface area contributed by atoms with Crippen molar-refractivity contribution in [1.82, 2.24) is 4.41 Å². The molecule has 0 aromatic heterocycles. The van der Waals surface area contributed by atoms with Gasteiger partial charge >= 0.3 is 0 Å². The van der Waals surface area contributed by atoms with E-state index in [9.17, 15) is 8.42 Å². The van der Waals surface area contributed by atoms with Crippen LogP contribution in [0.2, 0.25) is 5.02 Å². The number of hydrogen-bond acceptors (Lipinski definition) is 3. The van der Waals surface area contributed by atoms with Crippen molar-refractivity contribution in [3.63, 3.8) is 0 Å². The van der Waals surface area contributed by atoms with Crippen molar-refractivity contribution in [2.24, 2.45) is 5.10 Å². The average Bonchev–Trinajstić information content (AvgIpc) is 3.15. The Bertz CT molecular complexity index is 1130. The van der Waals surface area contributed by atoms with Gasteiger partial charge in [-0.25, -0.2) is 0 Å². The van der Waals surface area contributed by atoms with Crippen LogP contribution in [0.3, 0.4) is 0 Å². The highest BCUT2D eigenvalue weighted by atomic mass is 79.9. The Hall–Kier alpha value is -2.15. The van der Waals surface area contributed by atoms with Crippen LogP contribution in [-0.2, 0) is 10.0 Å². The molecule has 1 unspecified atom stereocenters. The molecule has 28 heavy (non-hydrogen) atoms. The molecule has 0 spiro atoms. The Balaban J connectivity index is 1.82. The molecule has 0 saturated heterocycles. The fourth-order valence-electron chi connectivity index (χ4n) is 3.20. The maximum absolute atomic E-state index is 13.3. The summed E-state index contributed by atoms with van der Waals surface area (Å²) in [6.07, 6.45) is 0.442. The largest absolute Gasteiger partial charge is 0.279 e. The highest BCUT2D eigenvalue weighted by molar-refractivity contribution is 9.10. The Morgan fingerprint density at radius 3 is 2.25 bits per heavy atom. The number of sulfonamides is 1. The molecule has 3 aromatic carbocycles. The normalized spacial score (nSPS) is 16.9. The van der Waals surface area contributed by atoms with Crippen LogP contribution in [0.4, 0.5) is 0 Å². The number of halogens is 2. The zero-order valence-electron chi connectivity index (χ0n) is 14.7. The highest BCUT2D eigenvalue weighted by Crippen LogP contribution is 2.39. The van der Waals surface area contributed by atoms with Gasteiger partial charge < -0.3 is 0 Å². The zero-order valence-corrected chi connectivity index (χ0v) is 17.8. The lowest BCUT2D eigenvalue weighted by Gasteiger charge is -2.24. The predicted molar refractivity (Wildman–Crippen MR) is 115 cm³/mol. The van der Waals surface area contributed by atoms with Crippen molar-refractivity contribution in [2.45, 2.75) is 17.4 Å². The summed E-state index contributed by atoms with van der Waals surface area (Å²) in [4.78, 5) is 0.202. The molecular weight excluding hydrogens is 460 g/mol. The summed E-state index contributed by atoms with van der Waals surface area (Å²) >= 11 is 9.82. The van der Waals surface area contributed by atoms with E-state index < -0.39 is 16.1 Å². The third-order valence-electron chi connectivity index (χ3n) is 4.60. The molecule has 0 bridgehead atoms. The summed E-state index contributed by atoms with van der Waals surface area (Å²) in [5.74, 6) is 0. The molecule has 4 nitrogen and oxygen atoms in total. The van der Waals surface area contributed by atoms with Gasteiger partial charge in [0.2, 0.25) is 0 Å². The summed E-state index contributed by atoms with van der Waals surface area (Å²) in [5, 5.41) is 5.04. The van der Waals surface area contributed by atoms with E-state index in [0.29, 0.717) is 17.2 Å². The van der Waals surface area contributed by atoms with Gasteiger partial charge in [0, 0.05) is 15.9 Å². The number of nitrogens with zero attached hydrogens (tertiary/aromatic N) is 2. The van der Waals surface area contributed by atoms with Gasteiger partial charge in [0.25, 0.3) is 10.0 Å². The van der Waals surface area contributed by atoms with E-state index >= 15 is 0 Å². The zero-order chi connectivity index (χ0) is 19.7. The van der Waals surface area contributed by atoms with Crippen molar-refractivity contribution >= 4 is 43.3 Å². The van der Waals surface area contributed by atoms with E-state index in [1.165, 1.54) is 4.41 Å². The first-order valence-corrected chi connectivity index (χ1v) is 11.3. The van der Waals surface area contributed by atoms with Crippen LogP contribution in [0.15, 0.2) is 93.3 Å². The van der Waals surface area contributed by atoms with Crippen molar-refractivity contribution in [3.8, 4) is 0 Å². The van der Waals surface area contributed by atoms with Gasteiger partial charge in [0.1, 0.15) is 0 Å². The van der Waals surface area contributed by atoms with Crippen molar-refractivity contribution in [1.29, 1.82) is 0 Å². The second kappa shape index (κ2) is 7.70. The molecule has 1 aliphatic heterocycles. The minimum atomic E-state index is -3.82. The molecule has 7 heteroatoms. The first-order chi connectivity index (χ1) is 13.5. The lowest BCUT2D eigenvalue weighted by Crippen LogP contribution is -2.27. The molecule has 1 heterocycles. The number of hydrazone groups is 1. The van der Waals surface area contributed by atoms with E-state index in [0.717, 1.165) is 15.6 Å². The summed E-state index contributed by atoms with van der Waals surface area (Å²) in [6, 6.07) is 22.8. The molecule has 0 N–H and O–H groups in total. The van der Waals surface area contributed by atoms with E-state index in [-0.39, 0.29) is 4.90 Å². The van der Waals surface area contributed by atoms with E-state index in [4.69, 9.17) is 11.6 Å². The van der Waals surface area contributed by atoms with Crippen LogP contribution >= 0.6 is 27.5 Å². The van der Waals surface area contributed by atoms with Crippen molar-refractivity contribution in [2.75, 3.05) is 0 Å². The first-order valence-electron chi connectivity index (χ1n) is 8.64. The lowest BCUT2D eigenvalue weighted by molar-refractivity contribution is 0.371. The number of hydrogen-bond donors (Lipinski definition) is 0. The van der Waals surface area contributed by atoms with Crippen LogP contribution in [0.1, 0.15) is 23.6 Å². The minimum Gasteiger partial charge on any atom is -0.200 e. The third kappa shape index (κ3) is 3.60. The molecule has 4 rings (SSSR count). The highest BCUT2D eigenvalue weighted by Gasteiger charge is 2.38. The average molecular weight is 476 g/mol. The second-order valence-corrected chi connectivity index (χ2v) is 9.50. The lowest BCUT2D eigenvalue weighted by atomic mass is 9.99. The van der Waals surface area contributed by atoms with E-state index in [2.05, 4.69) is 21.0 Å². The molecule has 1 atom stereocenters. The second-order valence-electron chi connectivity index (χ2n) is 6.39. The summed E-state index contributed by atoms with van der Waals surface area (Å²) in [5.41, 5.74) is 2.32. The topological polar surface area (TPSA) is 49.7 Å². The summed E-state index contributed by atoms with van der Waals surface area (Å²) in [6.45, 7) is 0. The van der Waals surface area contributed by atoms with Crippen molar-refractivity contribution in [3.05, 3.63) is 99.5 Å². The number of rotatable bonds is 4. The van der Waals surface area contributed by atoms with Gasteiger partial charge in [-0.2, -0.15) is 17.9 Å². The molecule has 0 amide bonds. The molecule has 0 aliphatic carbocycles. The van der Waals surface area contributed by atoms with Crippen molar-refractivity contribution < 1.29 is 8.42 Å². The molecule has 0 saturated carbocycles. The Kier molecular flexibility index (Phi) is 5.27. The van der Waals surface area contributed by atoms with Crippen LogP contribution in [-0.4, -0.2) is 18.5 Å². The summed E-state index contributed by atoms with van der Waals surface area (Å²) < 4.78 is 28.8. The monoisotopic (exact) mass is 474 g/mol. The standard InChI is InChI=1S/C21H16BrClN2O2S/c22-16-12-10-15(11-13-16)20-14-21(18-8-4-5-9-19(18)23)25(24-20)28(26,27)17-6-2-1-3-7-17/h1-13,21H,14H2. The molecule has 142 valence electrons. The fraction of sp³-hybridized carbons (Fsp3) is 0.0952. The Morgan fingerprint density at radius 1 is 0.929 bits per heavy atom. The fourth-order valence-corrected chi connectivity index (χ4v) is 5.18. The maximum Gasteiger partial charge on any atom is 0.279 e. The molecule has 0 fully saturated rings. The molecule has 1 aliphatic rings. The summed E-state index contributed by atoms with van der Waals surface area (Å²) in [7, 11) is -3.82. The van der Waals surface area contributed by atoms with Crippen LogP contribution < -0.4 is 0 Å². The number of benzene rings is 3. The SMILES string of the molecule is O=S(=O)(c1ccccc1)N1N=C(c2ccc(Br)cc2)CC1c1ccccc1Cl. The molecular formula is C21H16BrClN2O2S. The van der Waals surface area contributed by atoms with Gasteiger partial charge in [-0.3, -0.25) is 0 Å². The smallest absolute Gasteiger partial charge is 0.200 e. The maximum atomic E-state index is 13.3. The third-order valence-corrected chi connectivity index (χ3v) is 7.17. The van der Waals surface area contributed by atoms with E-state index in [1.54, 1.807) is 36.4 Å². The van der Waals surface area contributed by atoms with Gasteiger partial charge in [-0.15, -0.1) is 0 Å². The van der Waals surface area contributed by atoms with Gasteiger partial charge in [0.15, 0.2) is 0 Å². The van der Waals surface area contributed by atoms with Crippen LogP contribution in [0.25, 0.3) is 0 Å². The predicted octanol–water partition coefficient (Wildman–Crippen LogP) is 5.64. The van der Waals surface area contributed by atoms with E-state index in [1.807, 2.05) is 42.5 Å². The van der Waals surface area contributed by atoms with Crippen LogP contribution in [0, 0.1) is 0 Å². The molecule has 0 radical (unpaired) electrons. The van der Waals surface area contributed by atoms with Gasteiger partial charge in [-0.1, -0.05) is 76.1 Å². The van der Waals surface area contributed by atoms with Gasteiger partial charge in [-0.05, 0) is 41.5 Å². The van der Waals surface area contributed by atoms with Gasteiger partial charge in [0.05, 0.1) is 16.6 Å². The quantitative estimate of drug-likeness (QED) is 0.490. The first kappa shape index (κ1) is 19.2. The van der Waals surface area contributed by atoms with Crippen LogP contribution in [0.5, 0.6) is 0 Å². The minimum absolute atomic E-state index is 0.202. The Morgan fingerprint density at radius 2 is 1.57 bits per heavy atom.